The van der Waals surface area contributed by atoms with Crippen molar-refractivity contribution in [2.24, 2.45) is 16.1 Å². The monoisotopic (exact) mass is 428 g/mol. The van der Waals surface area contributed by atoms with Crippen LogP contribution in [0, 0.1) is 5.41 Å². The predicted molar refractivity (Wildman–Crippen MR) is 126 cm³/mol. The topological polar surface area (TPSA) is 70.6 Å². The van der Waals surface area contributed by atoms with Gasteiger partial charge in [-0.15, -0.1) is 0 Å². The number of aromatic nitrogens is 2. The largest absolute Gasteiger partial charge is 0.355 e. The van der Waals surface area contributed by atoms with E-state index in [0.29, 0.717) is 12.6 Å². The lowest BCUT2D eigenvalue weighted by molar-refractivity contribution is 0.151. The van der Waals surface area contributed by atoms with Crippen molar-refractivity contribution in [1.82, 2.24) is 14.9 Å². The van der Waals surface area contributed by atoms with E-state index in [1.54, 1.807) is 0 Å². The van der Waals surface area contributed by atoms with Crippen LogP contribution in [-0.4, -0.2) is 46.4 Å². The van der Waals surface area contributed by atoms with Gasteiger partial charge < -0.3 is 15.5 Å². The van der Waals surface area contributed by atoms with Crippen LogP contribution in [0.1, 0.15) is 72.8 Å². The van der Waals surface area contributed by atoms with Crippen molar-refractivity contribution in [3.8, 4) is 0 Å². The van der Waals surface area contributed by atoms with E-state index < -0.39 is 0 Å². The van der Waals surface area contributed by atoms with E-state index in [-0.39, 0.29) is 11.5 Å². The molecule has 0 unspecified atom stereocenters. The molecule has 5 heterocycles. The molecule has 4 aliphatic heterocycles. The van der Waals surface area contributed by atoms with Gasteiger partial charge in [-0.25, -0.2) is 9.97 Å². The molecule has 1 aromatic heterocycles. The molecular weight excluding hydrogens is 396 g/mol. The molecule has 1 spiro atoms. The Balaban J connectivity index is 1.16. The lowest BCUT2D eigenvalue weighted by atomic mass is 9.69. The van der Waals surface area contributed by atoms with Crippen molar-refractivity contribution >= 4 is 11.7 Å². The molecule has 2 saturated heterocycles. The minimum Gasteiger partial charge on any atom is -0.355 e. The fourth-order valence-corrected chi connectivity index (χ4v) is 7.07. The highest BCUT2D eigenvalue weighted by Gasteiger charge is 2.50. The molecule has 0 amide bonds. The third-order valence-corrected chi connectivity index (χ3v) is 8.78. The lowest BCUT2D eigenvalue weighted by Gasteiger charge is -2.49. The Morgan fingerprint density at radius 1 is 1.00 bits per heavy atom. The van der Waals surface area contributed by atoms with Gasteiger partial charge in [0.25, 0.3) is 0 Å². The number of amidine groups is 1. The summed E-state index contributed by atoms with van der Waals surface area (Å²) in [4.78, 5) is 20.2. The Bertz CT molecular complexity index is 1100. The second kappa shape index (κ2) is 7.01. The van der Waals surface area contributed by atoms with Gasteiger partial charge in [0, 0.05) is 31.7 Å². The quantitative estimate of drug-likeness (QED) is 0.697. The molecule has 1 aromatic carbocycles. The van der Waals surface area contributed by atoms with Gasteiger partial charge in [-0.1, -0.05) is 24.3 Å². The second-order valence-electron chi connectivity index (χ2n) is 10.5. The summed E-state index contributed by atoms with van der Waals surface area (Å²) in [5.41, 5.74) is 13.2. The van der Waals surface area contributed by atoms with Gasteiger partial charge in [-0.05, 0) is 67.9 Å². The Kier molecular flexibility index (Phi) is 4.17. The van der Waals surface area contributed by atoms with E-state index in [1.165, 1.54) is 36.1 Å². The van der Waals surface area contributed by atoms with Gasteiger partial charge >= 0.3 is 0 Å². The van der Waals surface area contributed by atoms with Crippen LogP contribution in [0.2, 0.25) is 0 Å². The SMILES string of the molecule is N[C@@H]1c2ccccc2C[C@@]12CCN1c3nc4c(nc3CC[C@H]1C2)C(N1CCCCC1)=NC4. The Morgan fingerprint density at radius 3 is 2.75 bits per heavy atom. The number of anilines is 1. The minimum absolute atomic E-state index is 0.161. The number of benzene rings is 1. The number of aryl methyl sites for hydroxylation is 1. The van der Waals surface area contributed by atoms with Crippen LogP contribution >= 0.6 is 0 Å². The number of nitrogens with two attached hydrogens (primary N) is 1. The van der Waals surface area contributed by atoms with Gasteiger partial charge in [0.2, 0.25) is 0 Å². The third kappa shape index (κ3) is 2.71. The summed E-state index contributed by atoms with van der Waals surface area (Å²) < 4.78 is 0. The van der Waals surface area contributed by atoms with Crippen molar-refractivity contribution in [2.45, 2.75) is 70.0 Å². The average molecular weight is 429 g/mol. The number of hydrogen-bond donors (Lipinski definition) is 1. The van der Waals surface area contributed by atoms with E-state index in [1.807, 2.05) is 0 Å². The molecule has 2 N–H and O–H groups in total. The summed E-state index contributed by atoms with van der Waals surface area (Å²) in [5.74, 6) is 2.23. The summed E-state index contributed by atoms with van der Waals surface area (Å²) >= 11 is 0. The molecular formula is C26H32N6. The molecule has 0 radical (unpaired) electrons. The summed E-state index contributed by atoms with van der Waals surface area (Å²) in [7, 11) is 0. The number of nitrogens with zero attached hydrogens (tertiary/aromatic N) is 5. The molecule has 32 heavy (non-hydrogen) atoms. The van der Waals surface area contributed by atoms with Crippen molar-refractivity contribution in [3.05, 3.63) is 52.5 Å². The third-order valence-electron chi connectivity index (χ3n) is 8.78. The van der Waals surface area contributed by atoms with E-state index in [9.17, 15) is 0 Å². The highest BCUT2D eigenvalue weighted by Crippen LogP contribution is 2.53. The smallest absolute Gasteiger partial charge is 0.152 e. The van der Waals surface area contributed by atoms with Crippen LogP contribution in [0.3, 0.4) is 0 Å². The Morgan fingerprint density at radius 2 is 1.88 bits per heavy atom. The molecule has 0 saturated carbocycles. The fraction of sp³-hybridized carbons (Fsp3) is 0.577. The fourth-order valence-electron chi connectivity index (χ4n) is 7.07. The maximum absolute atomic E-state index is 6.87. The molecule has 166 valence electrons. The number of piperidine rings is 2. The Hall–Kier alpha value is -2.47. The molecule has 6 heteroatoms. The van der Waals surface area contributed by atoms with Gasteiger partial charge in [-0.3, -0.25) is 4.99 Å². The van der Waals surface area contributed by atoms with Crippen LogP contribution in [-0.2, 0) is 19.4 Å². The first-order valence-electron chi connectivity index (χ1n) is 12.5. The van der Waals surface area contributed by atoms with Crippen molar-refractivity contribution in [2.75, 3.05) is 24.5 Å². The van der Waals surface area contributed by atoms with Gasteiger partial charge in [0.15, 0.2) is 11.7 Å². The summed E-state index contributed by atoms with van der Waals surface area (Å²) in [6.45, 7) is 3.93. The molecule has 0 bridgehead atoms. The summed E-state index contributed by atoms with van der Waals surface area (Å²) in [5, 5.41) is 0. The van der Waals surface area contributed by atoms with Crippen molar-refractivity contribution < 1.29 is 0 Å². The van der Waals surface area contributed by atoms with Crippen LogP contribution < -0.4 is 10.6 Å². The predicted octanol–water partition coefficient (Wildman–Crippen LogP) is 3.38. The lowest BCUT2D eigenvalue weighted by Crippen LogP contribution is -2.52. The first-order chi connectivity index (χ1) is 15.7. The number of rotatable bonds is 0. The average Bonchev–Trinajstić information content (AvgIpc) is 3.37. The number of aliphatic imine (C=N–C) groups is 1. The van der Waals surface area contributed by atoms with E-state index in [2.05, 4.69) is 34.1 Å². The Labute approximate surface area is 189 Å². The van der Waals surface area contributed by atoms with Crippen LogP contribution in [0.4, 0.5) is 5.82 Å². The van der Waals surface area contributed by atoms with Crippen LogP contribution in [0.25, 0.3) is 0 Å². The minimum atomic E-state index is 0.161. The van der Waals surface area contributed by atoms with Gasteiger partial charge in [0.05, 0.1) is 17.9 Å². The second-order valence-corrected chi connectivity index (χ2v) is 10.5. The maximum Gasteiger partial charge on any atom is 0.152 e. The van der Waals surface area contributed by atoms with E-state index >= 15 is 0 Å². The van der Waals surface area contributed by atoms with Crippen molar-refractivity contribution in [3.63, 3.8) is 0 Å². The zero-order chi connectivity index (χ0) is 21.3. The highest BCUT2D eigenvalue weighted by molar-refractivity contribution is 6.00. The molecule has 2 aromatic rings. The first kappa shape index (κ1) is 19.0. The van der Waals surface area contributed by atoms with Crippen LogP contribution in [0.5, 0.6) is 0 Å². The van der Waals surface area contributed by atoms with Gasteiger partial charge in [-0.2, -0.15) is 0 Å². The van der Waals surface area contributed by atoms with E-state index in [4.69, 9.17) is 20.7 Å². The molecule has 1 aliphatic carbocycles. The van der Waals surface area contributed by atoms with Crippen LogP contribution in [0.15, 0.2) is 29.3 Å². The molecule has 7 rings (SSSR count). The van der Waals surface area contributed by atoms with Gasteiger partial charge in [0.1, 0.15) is 5.69 Å². The molecule has 2 fully saturated rings. The number of hydrogen-bond acceptors (Lipinski definition) is 6. The first-order valence-corrected chi connectivity index (χ1v) is 12.5. The number of fused-ring (bicyclic) bond motifs is 5. The maximum atomic E-state index is 6.87. The van der Waals surface area contributed by atoms with Crippen molar-refractivity contribution in [1.29, 1.82) is 0 Å². The highest BCUT2D eigenvalue weighted by atomic mass is 15.3. The molecule has 3 atom stereocenters. The normalized spacial score (nSPS) is 30.6. The number of likely N-dealkylation sites (tertiary alicyclic amines) is 1. The van der Waals surface area contributed by atoms with E-state index in [0.717, 1.165) is 74.8 Å². The zero-order valence-electron chi connectivity index (χ0n) is 18.8. The standard InChI is InChI=1S/C26H32N6/c27-23-19-7-3-2-6-17(19)14-26(23)10-13-32-18(15-26)8-9-20-24(32)30-21-16-28-25(22(21)29-20)31-11-4-1-5-12-31/h2-3,6-7,18,23H,1,4-5,8-16,27H2/t18-,23+,26+/m0/s1. The molecule has 5 aliphatic rings. The zero-order valence-corrected chi connectivity index (χ0v) is 18.8. The summed E-state index contributed by atoms with van der Waals surface area (Å²) in [6, 6.07) is 9.50. The summed E-state index contributed by atoms with van der Waals surface area (Å²) in [6.07, 6.45) is 9.45. The molecule has 6 nitrogen and oxygen atoms in total.